The van der Waals surface area contributed by atoms with Crippen molar-refractivity contribution in [1.82, 2.24) is 0 Å². The summed E-state index contributed by atoms with van der Waals surface area (Å²) in [4.78, 5) is 0. The Morgan fingerprint density at radius 3 is 1.55 bits per heavy atom. The first-order valence-electron chi connectivity index (χ1n) is 4.90. The van der Waals surface area contributed by atoms with Crippen LogP contribution in [0.5, 0.6) is 5.75 Å². The number of ether oxygens (including phenoxy) is 1. The first-order valence-corrected chi connectivity index (χ1v) is 4.90. The van der Waals surface area contributed by atoms with Gasteiger partial charge in [0.25, 0.3) is 0 Å². The van der Waals surface area contributed by atoms with E-state index >= 15 is 0 Å². The van der Waals surface area contributed by atoms with Gasteiger partial charge in [-0.05, 0) is 6.92 Å². The molecular weight excluding hydrogens is 307 g/mol. The molecule has 0 aliphatic carbocycles. The van der Waals surface area contributed by atoms with E-state index in [0.29, 0.717) is 0 Å². The Morgan fingerprint density at radius 2 is 1.20 bits per heavy atom. The van der Waals surface area contributed by atoms with Gasteiger partial charge in [-0.15, -0.1) is 0 Å². The summed E-state index contributed by atoms with van der Waals surface area (Å²) in [5.41, 5.74) is -5.59. The highest BCUT2D eigenvalue weighted by atomic mass is 19.4. The first kappa shape index (κ1) is 16.4. The lowest BCUT2D eigenvalue weighted by Gasteiger charge is -2.19. The second-order valence-corrected chi connectivity index (χ2v) is 3.45. The predicted molar refractivity (Wildman–Crippen MR) is 47.5 cm³/mol. The van der Waals surface area contributed by atoms with Crippen molar-refractivity contribution in [2.45, 2.75) is 19.3 Å². The topological polar surface area (TPSA) is 9.23 Å². The lowest BCUT2D eigenvalue weighted by molar-refractivity contribution is -0.150. The van der Waals surface area contributed by atoms with Crippen LogP contribution in [0.3, 0.4) is 0 Å². The lowest BCUT2D eigenvalue weighted by Crippen LogP contribution is -2.21. The van der Waals surface area contributed by atoms with E-state index in [-0.39, 0.29) is 0 Å². The number of hydrogen-bond acceptors (Lipinski definition) is 1. The second-order valence-electron chi connectivity index (χ2n) is 3.45. The third-order valence-electron chi connectivity index (χ3n) is 2.13. The molecule has 0 fully saturated rings. The molecule has 0 aliphatic rings. The Morgan fingerprint density at radius 1 is 0.750 bits per heavy atom. The SMILES string of the molecule is CCOc1c(F)c(F)c(C(F)(F)F)c(F)c1C(F)(F)F. The van der Waals surface area contributed by atoms with Gasteiger partial charge in [0.15, 0.2) is 17.4 Å². The molecular formula is C10H5F9O. The molecule has 0 saturated heterocycles. The van der Waals surface area contributed by atoms with E-state index in [0.717, 1.165) is 6.92 Å². The molecule has 0 heterocycles. The smallest absolute Gasteiger partial charge is 0.422 e. The normalized spacial score (nSPS) is 12.7. The minimum absolute atomic E-state index is 0.635. The molecule has 0 unspecified atom stereocenters. The summed E-state index contributed by atoms with van der Waals surface area (Å²) in [6, 6.07) is 0. The van der Waals surface area contributed by atoms with E-state index in [4.69, 9.17) is 0 Å². The maximum Gasteiger partial charge on any atom is 0.422 e. The quantitative estimate of drug-likeness (QED) is 0.575. The van der Waals surface area contributed by atoms with Crippen molar-refractivity contribution in [3.05, 3.63) is 28.6 Å². The Balaban J connectivity index is 3.84. The van der Waals surface area contributed by atoms with Gasteiger partial charge in [0.1, 0.15) is 11.1 Å². The van der Waals surface area contributed by atoms with Crippen LogP contribution in [0.4, 0.5) is 39.5 Å². The molecule has 0 bridgehead atoms. The fourth-order valence-corrected chi connectivity index (χ4v) is 1.42. The zero-order chi connectivity index (χ0) is 15.9. The number of halogens is 9. The maximum absolute atomic E-state index is 13.4. The molecule has 0 aromatic heterocycles. The zero-order valence-corrected chi connectivity index (χ0v) is 9.52. The highest BCUT2D eigenvalue weighted by Crippen LogP contribution is 2.46. The average molecular weight is 312 g/mol. The zero-order valence-electron chi connectivity index (χ0n) is 9.52. The van der Waals surface area contributed by atoms with Crippen LogP contribution < -0.4 is 4.74 Å². The minimum Gasteiger partial charge on any atom is -0.490 e. The lowest BCUT2D eigenvalue weighted by atomic mass is 10.1. The van der Waals surface area contributed by atoms with E-state index in [1.165, 1.54) is 0 Å². The summed E-state index contributed by atoms with van der Waals surface area (Å²) >= 11 is 0. The molecule has 0 aliphatic heterocycles. The van der Waals surface area contributed by atoms with E-state index < -0.39 is 53.3 Å². The molecule has 0 saturated carbocycles. The third-order valence-corrected chi connectivity index (χ3v) is 2.13. The van der Waals surface area contributed by atoms with Crippen molar-refractivity contribution in [2.24, 2.45) is 0 Å². The molecule has 0 radical (unpaired) electrons. The molecule has 0 amide bonds. The highest BCUT2D eigenvalue weighted by Gasteiger charge is 2.48. The number of rotatable bonds is 2. The summed E-state index contributed by atoms with van der Waals surface area (Å²) in [5, 5.41) is 0. The molecule has 0 N–H and O–H groups in total. The van der Waals surface area contributed by atoms with Gasteiger partial charge < -0.3 is 4.74 Å². The molecule has 1 nitrogen and oxygen atoms in total. The number of hydrogen-bond donors (Lipinski definition) is 0. The van der Waals surface area contributed by atoms with E-state index in [1.54, 1.807) is 0 Å². The van der Waals surface area contributed by atoms with Gasteiger partial charge in [0, 0.05) is 0 Å². The Hall–Kier alpha value is -1.61. The van der Waals surface area contributed by atoms with Crippen molar-refractivity contribution < 1.29 is 44.3 Å². The fourth-order valence-electron chi connectivity index (χ4n) is 1.42. The molecule has 0 atom stereocenters. The van der Waals surface area contributed by atoms with Crippen LogP contribution >= 0.6 is 0 Å². The van der Waals surface area contributed by atoms with Gasteiger partial charge in [0.05, 0.1) is 6.61 Å². The van der Waals surface area contributed by atoms with Crippen LogP contribution in [0.2, 0.25) is 0 Å². The number of alkyl halides is 6. The Kier molecular flexibility index (Phi) is 4.16. The van der Waals surface area contributed by atoms with Crippen molar-refractivity contribution in [3.8, 4) is 5.75 Å². The van der Waals surface area contributed by atoms with Crippen LogP contribution in [0.25, 0.3) is 0 Å². The van der Waals surface area contributed by atoms with Crippen LogP contribution in [-0.4, -0.2) is 6.61 Å². The molecule has 1 aromatic rings. The molecule has 10 heteroatoms. The molecule has 114 valence electrons. The molecule has 0 spiro atoms. The number of benzene rings is 1. The monoisotopic (exact) mass is 312 g/mol. The van der Waals surface area contributed by atoms with Gasteiger partial charge in [-0.25, -0.2) is 8.78 Å². The first-order chi connectivity index (χ1) is 8.92. The molecule has 1 aromatic carbocycles. The van der Waals surface area contributed by atoms with Crippen molar-refractivity contribution in [3.63, 3.8) is 0 Å². The summed E-state index contributed by atoms with van der Waals surface area (Å²) in [6.45, 7) is 0.428. The van der Waals surface area contributed by atoms with Crippen LogP contribution in [-0.2, 0) is 12.4 Å². The minimum atomic E-state index is -5.83. The highest BCUT2D eigenvalue weighted by molar-refractivity contribution is 5.44. The van der Waals surface area contributed by atoms with Gasteiger partial charge >= 0.3 is 12.4 Å². The average Bonchev–Trinajstić information content (AvgIpc) is 2.22. The van der Waals surface area contributed by atoms with Crippen LogP contribution in [0.15, 0.2) is 0 Å². The standard InChI is InChI=1S/C10H5F9O/c1-2-20-8-4(10(17,18)19)5(11)3(9(14,15)16)6(12)7(8)13/h2H2,1H3. The largest absolute Gasteiger partial charge is 0.490 e. The summed E-state index contributed by atoms with van der Waals surface area (Å²) in [5.74, 6) is -10.2. The Bertz CT molecular complexity index is 515. The van der Waals surface area contributed by atoms with Crippen LogP contribution in [0, 0.1) is 17.5 Å². The van der Waals surface area contributed by atoms with Crippen molar-refractivity contribution in [1.29, 1.82) is 0 Å². The summed E-state index contributed by atoms with van der Waals surface area (Å²) in [7, 11) is 0. The molecule has 20 heavy (non-hydrogen) atoms. The second kappa shape index (κ2) is 5.06. The van der Waals surface area contributed by atoms with Crippen molar-refractivity contribution >= 4 is 0 Å². The summed E-state index contributed by atoms with van der Waals surface area (Å²) in [6.07, 6.45) is -11.5. The van der Waals surface area contributed by atoms with Gasteiger partial charge in [-0.2, -0.15) is 30.7 Å². The van der Waals surface area contributed by atoms with Gasteiger partial charge in [0.2, 0.25) is 5.82 Å². The van der Waals surface area contributed by atoms with E-state index in [2.05, 4.69) is 4.74 Å². The van der Waals surface area contributed by atoms with Crippen molar-refractivity contribution in [2.75, 3.05) is 6.61 Å². The fraction of sp³-hybridized carbons (Fsp3) is 0.400. The van der Waals surface area contributed by atoms with Crippen LogP contribution in [0.1, 0.15) is 18.1 Å². The van der Waals surface area contributed by atoms with Gasteiger partial charge in [-0.1, -0.05) is 0 Å². The van der Waals surface area contributed by atoms with E-state index in [1.807, 2.05) is 0 Å². The van der Waals surface area contributed by atoms with Gasteiger partial charge in [-0.3, -0.25) is 0 Å². The summed E-state index contributed by atoms with van der Waals surface area (Å²) < 4.78 is 118. The Labute approximate surface area is 105 Å². The maximum atomic E-state index is 13.4. The molecule has 1 rings (SSSR count). The van der Waals surface area contributed by atoms with E-state index in [9.17, 15) is 39.5 Å². The third kappa shape index (κ3) is 2.78. The predicted octanol–water partition coefficient (Wildman–Crippen LogP) is 4.54.